The highest BCUT2D eigenvalue weighted by Crippen LogP contribution is 2.26. The van der Waals surface area contributed by atoms with E-state index in [1.807, 2.05) is 19.2 Å². The second kappa shape index (κ2) is 7.49. The van der Waals surface area contributed by atoms with Crippen LogP contribution in [-0.2, 0) is 4.74 Å². The number of piperidine rings is 1. The first-order valence-corrected chi connectivity index (χ1v) is 9.10. The summed E-state index contributed by atoms with van der Waals surface area (Å²) in [6.07, 6.45) is 4.33. The van der Waals surface area contributed by atoms with E-state index in [9.17, 15) is 0 Å². The normalized spacial score (nSPS) is 22.3. The summed E-state index contributed by atoms with van der Waals surface area (Å²) in [5, 5.41) is 3.88. The zero-order chi connectivity index (χ0) is 17.1. The number of hydrogen-bond donors (Lipinski definition) is 0. The number of pyridine rings is 1. The first-order valence-electron chi connectivity index (χ1n) is 9.10. The number of anilines is 1. The van der Waals surface area contributed by atoms with Crippen molar-refractivity contribution in [3.63, 3.8) is 0 Å². The van der Waals surface area contributed by atoms with Gasteiger partial charge >= 0.3 is 0 Å². The molecule has 7 nitrogen and oxygen atoms in total. The predicted octanol–water partition coefficient (Wildman–Crippen LogP) is 1.99. The molecule has 0 N–H and O–H groups in total. The molecule has 4 heterocycles. The molecule has 134 valence electrons. The lowest BCUT2D eigenvalue weighted by atomic mass is 9.97. The first-order chi connectivity index (χ1) is 12.3. The molecule has 0 bridgehead atoms. The molecule has 1 unspecified atom stereocenters. The smallest absolute Gasteiger partial charge is 0.258 e. The summed E-state index contributed by atoms with van der Waals surface area (Å²) in [5.74, 6) is 2.89. The molecular weight excluding hydrogens is 318 g/mol. The number of ether oxygens (including phenoxy) is 1. The van der Waals surface area contributed by atoms with Gasteiger partial charge in [0, 0.05) is 44.5 Å². The van der Waals surface area contributed by atoms with Crippen LogP contribution in [0, 0.1) is 12.8 Å². The summed E-state index contributed by atoms with van der Waals surface area (Å²) in [4.78, 5) is 13.8. The molecule has 0 saturated carbocycles. The van der Waals surface area contributed by atoms with Gasteiger partial charge < -0.3 is 14.2 Å². The van der Waals surface area contributed by atoms with Crippen LogP contribution in [0.1, 0.15) is 18.7 Å². The Bertz CT molecular complexity index is 698. The molecule has 7 heteroatoms. The third kappa shape index (κ3) is 3.99. The Morgan fingerprint density at radius 2 is 2.12 bits per heavy atom. The molecule has 2 fully saturated rings. The summed E-state index contributed by atoms with van der Waals surface area (Å²) in [6.45, 7) is 8.93. The fourth-order valence-electron chi connectivity index (χ4n) is 3.71. The minimum Gasteiger partial charge on any atom is -0.379 e. The highest BCUT2D eigenvalue weighted by atomic mass is 16.5. The third-order valence-corrected chi connectivity index (χ3v) is 4.98. The zero-order valence-corrected chi connectivity index (χ0v) is 14.7. The van der Waals surface area contributed by atoms with Gasteiger partial charge in [-0.2, -0.15) is 4.98 Å². The third-order valence-electron chi connectivity index (χ3n) is 4.98. The molecule has 2 aliphatic rings. The Hall–Kier alpha value is -1.99. The van der Waals surface area contributed by atoms with Gasteiger partial charge in [-0.05, 0) is 37.8 Å². The van der Waals surface area contributed by atoms with Crippen LogP contribution in [-0.4, -0.2) is 66.0 Å². The average molecular weight is 343 g/mol. The van der Waals surface area contributed by atoms with Crippen LogP contribution in [0.3, 0.4) is 0 Å². The number of rotatable bonds is 4. The molecule has 0 aliphatic carbocycles. The quantitative estimate of drug-likeness (QED) is 0.841. The van der Waals surface area contributed by atoms with E-state index in [0.29, 0.717) is 17.6 Å². The van der Waals surface area contributed by atoms with Crippen molar-refractivity contribution < 1.29 is 9.26 Å². The Kier molecular flexibility index (Phi) is 4.94. The highest BCUT2D eigenvalue weighted by molar-refractivity contribution is 5.58. The molecule has 2 aromatic heterocycles. The van der Waals surface area contributed by atoms with Gasteiger partial charge in [0.2, 0.25) is 0 Å². The van der Waals surface area contributed by atoms with Crippen molar-refractivity contribution in [2.45, 2.75) is 19.8 Å². The fourth-order valence-corrected chi connectivity index (χ4v) is 3.71. The fraction of sp³-hybridized carbons (Fsp3) is 0.611. The van der Waals surface area contributed by atoms with Crippen molar-refractivity contribution in [2.75, 3.05) is 50.8 Å². The van der Waals surface area contributed by atoms with Crippen LogP contribution in [0.25, 0.3) is 11.5 Å². The lowest BCUT2D eigenvalue weighted by Gasteiger charge is -2.37. The summed E-state index contributed by atoms with van der Waals surface area (Å²) in [5.41, 5.74) is 0.931. The van der Waals surface area contributed by atoms with Crippen molar-refractivity contribution in [1.29, 1.82) is 0 Å². The number of aryl methyl sites for hydroxylation is 1. The van der Waals surface area contributed by atoms with E-state index in [1.165, 1.54) is 12.8 Å². The van der Waals surface area contributed by atoms with Crippen LogP contribution >= 0.6 is 0 Å². The molecule has 25 heavy (non-hydrogen) atoms. The first kappa shape index (κ1) is 16.5. The van der Waals surface area contributed by atoms with Crippen molar-refractivity contribution >= 4 is 5.82 Å². The largest absolute Gasteiger partial charge is 0.379 e. The zero-order valence-electron chi connectivity index (χ0n) is 14.7. The van der Waals surface area contributed by atoms with Gasteiger partial charge in [-0.3, -0.25) is 4.90 Å². The monoisotopic (exact) mass is 343 g/mol. The van der Waals surface area contributed by atoms with E-state index in [0.717, 1.165) is 57.3 Å². The van der Waals surface area contributed by atoms with Gasteiger partial charge in [0.15, 0.2) is 5.82 Å². The summed E-state index contributed by atoms with van der Waals surface area (Å²) in [7, 11) is 0. The van der Waals surface area contributed by atoms with Crippen LogP contribution in [0.2, 0.25) is 0 Å². The summed E-state index contributed by atoms with van der Waals surface area (Å²) >= 11 is 0. The van der Waals surface area contributed by atoms with E-state index >= 15 is 0 Å². The minimum absolute atomic E-state index is 0.558. The maximum atomic E-state index is 5.45. The summed E-state index contributed by atoms with van der Waals surface area (Å²) in [6, 6.07) is 3.98. The molecular formula is C18H25N5O2. The average Bonchev–Trinajstić information content (AvgIpc) is 3.09. The van der Waals surface area contributed by atoms with Gasteiger partial charge in [0.1, 0.15) is 5.82 Å². The Morgan fingerprint density at radius 3 is 2.92 bits per heavy atom. The predicted molar refractivity (Wildman–Crippen MR) is 94.5 cm³/mol. The SMILES string of the molecule is Cc1noc(-c2ccnc(N3CCCC(CN4CCOCC4)C3)c2)n1. The van der Waals surface area contributed by atoms with E-state index < -0.39 is 0 Å². The molecule has 4 rings (SSSR count). The van der Waals surface area contributed by atoms with Crippen molar-refractivity contribution in [3.8, 4) is 11.5 Å². The van der Waals surface area contributed by atoms with Crippen LogP contribution in [0.15, 0.2) is 22.9 Å². The minimum atomic E-state index is 0.558. The van der Waals surface area contributed by atoms with Crippen molar-refractivity contribution in [2.24, 2.45) is 5.92 Å². The molecule has 0 aromatic carbocycles. The molecule has 0 radical (unpaired) electrons. The van der Waals surface area contributed by atoms with Crippen molar-refractivity contribution in [3.05, 3.63) is 24.2 Å². The number of nitrogens with zero attached hydrogens (tertiary/aromatic N) is 5. The highest BCUT2D eigenvalue weighted by Gasteiger charge is 2.24. The van der Waals surface area contributed by atoms with Crippen molar-refractivity contribution in [1.82, 2.24) is 20.0 Å². The Morgan fingerprint density at radius 1 is 1.24 bits per heavy atom. The number of morpholine rings is 1. The maximum absolute atomic E-state index is 5.45. The van der Waals surface area contributed by atoms with E-state index in [4.69, 9.17) is 9.26 Å². The van der Waals surface area contributed by atoms with Crippen LogP contribution in [0.5, 0.6) is 0 Å². The van der Waals surface area contributed by atoms with E-state index in [1.54, 1.807) is 0 Å². The van der Waals surface area contributed by atoms with E-state index in [2.05, 4.69) is 31.0 Å². The van der Waals surface area contributed by atoms with Crippen LogP contribution < -0.4 is 4.90 Å². The topological polar surface area (TPSA) is 67.5 Å². The molecule has 2 aliphatic heterocycles. The van der Waals surface area contributed by atoms with Crippen LogP contribution in [0.4, 0.5) is 5.82 Å². The second-order valence-corrected chi connectivity index (χ2v) is 6.92. The van der Waals surface area contributed by atoms with Gasteiger partial charge in [-0.15, -0.1) is 0 Å². The van der Waals surface area contributed by atoms with Gasteiger partial charge in [0.05, 0.1) is 13.2 Å². The molecule has 1 atom stereocenters. The van der Waals surface area contributed by atoms with E-state index in [-0.39, 0.29) is 0 Å². The lowest BCUT2D eigenvalue weighted by Crippen LogP contribution is -2.44. The molecule has 2 aromatic rings. The molecule has 0 spiro atoms. The molecule has 2 saturated heterocycles. The maximum Gasteiger partial charge on any atom is 0.258 e. The lowest BCUT2D eigenvalue weighted by molar-refractivity contribution is 0.0296. The van der Waals surface area contributed by atoms with Gasteiger partial charge in [0.25, 0.3) is 5.89 Å². The van der Waals surface area contributed by atoms with Gasteiger partial charge in [-0.25, -0.2) is 4.98 Å². The Labute approximate surface area is 148 Å². The Balaban J connectivity index is 1.44. The molecule has 0 amide bonds. The summed E-state index contributed by atoms with van der Waals surface area (Å²) < 4.78 is 10.7. The number of aromatic nitrogens is 3. The second-order valence-electron chi connectivity index (χ2n) is 6.92. The van der Waals surface area contributed by atoms with Gasteiger partial charge in [-0.1, -0.05) is 5.16 Å². The standard InChI is InChI=1S/C18H25N5O2/c1-14-20-18(25-21-14)16-4-5-19-17(11-16)23-6-2-3-15(13-23)12-22-7-9-24-10-8-22/h4-5,11,15H,2-3,6-10,12-13H2,1H3. The number of hydrogen-bond acceptors (Lipinski definition) is 7.